The van der Waals surface area contributed by atoms with Gasteiger partial charge in [-0.25, -0.2) is 10.2 Å². The summed E-state index contributed by atoms with van der Waals surface area (Å²) in [4.78, 5) is 10.9. The second kappa shape index (κ2) is 5.31. The van der Waals surface area contributed by atoms with Crippen molar-refractivity contribution in [1.82, 2.24) is 5.43 Å². The fraction of sp³-hybridized carbons (Fsp3) is 0.300. The second-order valence-corrected chi connectivity index (χ2v) is 3.02. The first kappa shape index (κ1) is 11.5. The molecule has 0 spiro atoms. The number of rotatable bonds is 4. The van der Waals surface area contributed by atoms with Crippen molar-refractivity contribution in [2.24, 2.45) is 5.84 Å². The van der Waals surface area contributed by atoms with Crippen LogP contribution in [0.15, 0.2) is 18.2 Å². The smallest absolute Gasteiger partial charge is 0.234 e. The molecule has 0 heterocycles. The van der Waals surface area contributed by atoms with Crippen LogP contribution < -0.4 is 16.0 Å². The van der Waals surface area contributed by atoms with Crippen LogP contribution in [-0.2, 0) is 11.2 Å². The van der Waals surface area contributed by atoms with Gasteiger partial charge >= 0.3 is 0 Å². The number of amides is 1. The summed E-state index contributed by atoms with van der Waals surface area (Å²) >= 11 is 0. The van der Waals surface area contributed by atoms with E-state index >= 15 is 0 Å². The minimum atomic E-state index is -0.348. The number of nitrogens with one attached hydrogen (secondary N) is 1. The zero-order valence-electron chi connectivity index (χ0n) is 8.42. The Hall–Kier alpha value is -1.62. The van der Waals surface area contributed by atoms with Gasteiger partial charge in [0.25, 0.3) is 0 Å². The third-order valence-corrected chi connectivity index (χ3v) is 2.02. The average molecular weight is 212 g/mol. The van der Waals surface area contributed by atoms with E-state index in [1.807, 2.05) is 5.43 Å². The van der Waals surface area contributed by atoms with E-state index < -0.39 is 0 Å². The van der Waals surface area contributed by atoms with Crippen molar-refractivity contribution in [3.8, 4) is 5.75 Å². The zero-order valence-corrected chi connectivity index (χ0v) is 8.42. The van der Waals surface area contributed by atoms with Crippen molar-refractivity contribution in [3.05, 3.63) is 29.6 Å². The maximum atomic E-state index is 12.9. The molecule has 0 aliphatic rings. The SMILES string of the molecule is COc1ccc(F)cc1CCC(=O)NN. The van der Waals surface area contributed by atoms with Crippen LogP contribution in [0.4, 0.5) is 4.39 Å². The van der Waals surface area contributed by atoms with E-state index in [4.69, 9.17) is 10.6 Å². The first-order valence-corrected chi connectivity index (χ1v) is 4.49. The minimum absolute atomic E-state index is 0.205. The van der Waals surface area contributed by atoms with Crippen LogP contribution in [0.3, 0.4) is 0 Å². The summed E-state index contributed by atoms with van der Waals surface area (Å²) < 4.78 is 17.9. The molecular weight excluding hydrogens is 199 g/mol. The molecule has 82 valence electrons. The Labute approximate surface area is 87.2 Å². The van der Waals surface area contributed by atoms with Gasteiger partial charge in [0.2, 0.25) is 5.91 Å². The first-order valence-electron chi connectivity index (χ1n) is 4.49. The lowest BCUT2D eigenvalue weighted by atomic mass is 10.1. The second-order valence-electron chi connectivity index (χ2n) is 3.02. The largest absolute Gasteiger partial charge is 0.496 e. The van der Waals surface area contributed by atoms with Crippen molar-refractivity contribution in [2.75, 3.05) is 7.11 Å². The first-order chi connectivity index (χ1) is 7.17. The fourth-order valence-electron chi connectivity index (χ4n) is 1.26. The van der Waals surface area contributed by atoms with Crippen molar-refractivity contribution in [1.29, 1.82) is 0 Å². The van der Waals surface area contributed by atoms with Gasteiger partial charge in [-0.2, -0.15) is 0 Å². The highest BCUT2D eigenvalue weighted by Gasteiger charge is 2.06. The Morgan fingerprint density at radius 1 is 1.60 bits per heavy atom. The van der Waals surface area contributed by atoms with E-state index in [0.717, 1.165) is 0 Å². The molecule has 1 rings (SSSR count). The molecule has 5 heteroatoms. The molecule has 1 amide bonds. The van der Waals surface area contributed by atoms with E-state index in [2.05, 4.69) is 0 Å². The van der Waals surface area contributed by atoms with Crippen LogP contribution >= 0.6 is 0 Å². The molecule has 0 aliphatic heterocycles. The quantitative estimate of drug-likeness (QED) is 0.440. The molecular formula is C10H13FN2O2. The van der Waals surface area contributed by atoms with Gasteiger partial charge in [0, 0.05) is 6.42 Å². The molecule has 0 aromatic heterocycles. The van der Waals surface area contributed by atoms with E-state index in [0.29, 0.717) is 17.7 Å². The van der Waals surface area contributed by atoms with E-state index in [1.54, 1.807) is 0 Å². The lowest BCUT2D eigenvalue weighted by molar-refractivity contribution is -0.121. The van der Waals surface area contributed by atoms with E-state index in [1.165, 1.54) is 25.3 Å². The lowest BCUT2D eigenvalue weighted by Gasteiger charge is -2.07. The molecule has 4 nitrogen and oxygen atoms in total. The Morgan fingerprint density at radius 2 is 2.33 bits per heavy atom. The van der Waals surface area contributed by atoms with Gasteiger partial charge in [-0.1, -0.05) is 0 Å². The predicted molar refractivity (Wildman–Crippen MR) is 53.6 cm³/mol. The van der Waals surface area contributed by atoms with E-state index in [9.17, 15) is 9.18 Å². The number of nitrogens with two attached hydrogens (primary N) is 1. The number of hydrogen-bond donors (Lipinski definition) is 2. The fourth-order valence-corrected chi connectivity index (χ4v) is 1.26. The standard InChI is InChI=1S/C10H13FN2O2/c1-15-9-4-3-8(11)6-7(9)2-5-10(14)13-12/h3-4,6H,2,5,12H2,1H3,(H,13,14). The van der Waals surface area contributed by atoms with Gasteiger partial charge in [0.1, 0.15) is 11.6 Å². The number of hydrogen-bond acceptors (Lipinski definition) is 3. The van der Waals surface area contributed by atoms with Crippen LogP contribution in [0.5, 0.6) is 5.75 Å². The monoisotopic (exact) mass is 212 g/mol. The summed E-state index contributed by atoms with van der Waals surface area (Å²) in [7, 11) is 1.50. The van der Waals surface area contributed by atoms with Crippen LogP contribution in [0.2, 0.25) is 0 Å². The van der Waals surface area contributed by atoms with Crippen molar-refractivity contribution < 1.29 is 13.9 Å². The molecule has 0 bridgehead atoms. The summed E-state index contributed by atoms with van der Waals surface area (Å²) in [6.45, 7) is 0. The van der Waals surface area contributed by atoms with Gasteiger partial charge in [0.15, 0.2) is 0 Å². The zero-order chi connectivity index (χ0) is 11.3. The predicted octanol–water partition coefficient (Wildman–Crippen LogP) is 0.757. The molecule has 0 unspecified atom stereocenters. The number of halogens is 1. The van der Waals surface area contributed by atoms with Crippen LogP contribution in [0, 0.1) is 5.82 Å². The molecule has 1 aromatic carbocycles. The van der Waals surface area contributed by atoms with Gasteiger partial charge in [0.05, 0.1) is 7.11 Å². The average Bonchev–Trinajstić information content (AvgIpc) is 2.26. The van der Waals surface area contributed by atoms with Gasteiger partial charge in [-0.15, -0.1) is 0 Å². The number of carbonyl (C=O) groups is 1. The summed E-state index contributed by atoms with van der Waals surface area (Å²) in [6, 6.07) is 4.19. The number of aryl methyl sites for hydroxylation is 1. The van der Waals surface area contributed by atoms with Crippen molar-refractivity contribution in [3.63, 3.8) is 0 Å². The number of benzene rings is 1. The third-order valence-electron chi connectivity index (χ3n) is 2.02. The van der Waals surface area contributed by atoms with Crippen molar-refractivity contribution in [2.45, 2.75) is 12.8 Å². The molecule has 1 aromatic rings. The van der Waals surface area contributed by atoms with Gasteiger partial charge in [-0.3, -0.25) is 10.2 Å². The topological polar surface area (TPSA) is 64.3 Å². The summed E-state index contributed by atoms with van der Waals surface area (Å²) in [5.41, 5.74) is 2.67. The normalized spacial score (nSPS) is 9.80. The molecule has 0 radical (unpaired) electrons. The Balaban J connectivity index is 2.74. The Bertz CT molecular complexity index is 355. The highest BCUT2D eigenvalue weighted by molar-refractivity contribution is 5.75. The Morgan fingerprint density at radius 3 is 2.93 bits per heavy atom. The number of carbonyl (C=O) groups excluding carboxylic acids is 1. The summed E-state index contributed by atoms with van der Waals surface area (Å²) in [6.07, 6.45) is 0.597. The lowest BCUT2D eigenvalue weighted by Crippen LogP contribution is -2.30. The van der Waals surface area contributed by atoms with Crippen LogP contribution in [-0.4, -0.2) is 13.0 Å². The molecule has 0 saturated heterocycles. The minimum Gasteiger partial charge on any atom is -0.496 e. The number of hydrazine groups is 1. The van der Waals surface area contributed by atoms with Crippen LogP contribution in [0.1, 0.15) is 12.0 Å². The molecule has 15 heavy (non-hydrogen) atoms. The molecule has 0 atom stereocenters. The van der Waals surface area contributed by atoms with Gasteiger partial charge < -0.3 is 4.74 Å². The number of ether oxygens (including phenoxy) is 1. The third kappa shape index (κ3) is 3.21. The van der Waals surface area contributed by atoms with Crippen molar-refractivity contribution >= 4 is 5.91 Å². The maximum absolute atomic E-state index is 12.9. The van der Waals surface area contributed by atoms with Crippen LogP contribution in [0.25, 0.3) is 0 Å². The Kier molecular flexibility index (Phi) is 4.05. The molecule has 3 N–H and O–H groups in total. The summed E-state index contributed by atoms with van der Waals surface area (Å²) in [5, 5.41) is 0. The number of methoxy groups -OCH3 is 1. The molecule has 0 fully saturated rings. The summed E-state index contributed by atoms with van der Waals surface area (Å²) in [5.74, 6) is 4.86. The maximum Gasteiger partial charge on any atom is 0.234 e. The highest BCUT2D eigenvalue weighted by atomic mass is 19.1. The van der Waals surface area contributed by atoms with E-state index in [-0.39, 0.29) is 18.1 Å². The molecule has 0 saturated carbocycles. The highest BCUT2D eigenvalue weighted by Crippen LogP contribution is 2.20. The van der Waals surface area contributed by atoms with Gasteiger partial charge in [-0.05, 0) is 30.2 Å². The molecule has 0 aliphatic carbocycles.